The normalized spacial score (nSPS) is 16.1. The lowest BCUT2D eigenvalue weighted by Gasteiger charge is -2.12. The van der Waals surface area contributed by atoms with E-state index in [2.05, 4.69) is 22.2 Å². The van der Waals surface area contributed by atoms with Gasteiger partial charge >= 0.3 is 0 Å². The van der Waals surface area contributed by atoms with Crippen molar-refractivity contribution in [1.29, 1.82) is 0 Å². The molecular weight excluding hydrogens is 270 g/mol. The number of carbonyl (C=O) groups is 1. The number of carbonyl (C=O) groups excluding carboxylic acids is 1. The highest BCUT2D eigenvalue weighted by molar-refractivity contribution is 8.00. The van der Waals surface area contributed by atoms with Crippen LogP contribution in [0.25, 0.3) is 10.9 Å². The molecule has 1 atom stereocenters. The fourth-order valence-electron chi connectivity index (χ4n) is 2.24. The van der Waals surface area contributed by atoms with E-state index in [1.54, 1.807) is 6.33 Å². The van der Waals surface area contributed by atoms with Gasteiger partial charge in [0.1, 0.15) is 11.4 Å². The molecule has 1 aromatic heterocycles. The second kappa shape index (κ2) is 5.79. The van der Waals surface area contributed by atoms with Crippen molar-refractivity contribution < 1.29 is 4.79 Å². The Morgan fingerprint density at radius 1 is 1.40 bits per heavy atom. The van der Waals surface area contributed by atoms with Gasteiger partial charge in [-0.05, 0) is 31.7 Å². The SMILES string of the molecule is C[C@H](NC(=O)CSc1ncnc2ccccc12)C1CC1. The summed E-state index contributed by atoms with van der Waals surface area (Å²) in [6, 6.07) is 8.16. The highest BCUT2D eigenvalue weighted by atomic mass is 32.2. The van der Waals surface area contributed by atoms with E-state index in [1.165, 1.54) is 24.6 Å². The Morgan fingerprint density at radius 2 is 2.20 bits per heavy atom. The van der Waals surface area contributed by atoms with Crippen molar-refractivity contribution in [2.45, 2.75) is 30.8 Å². The van der Waals surface area contributed by atoms with Gasteiger partial charge in [-0.25, -0.2) is 9.97 Å². The maximum atomic E-state index is 11.9. The topological polar surface area (TPSA) is 54.9 Å². The zero-order valence-electron chi connectivity index (χ0n) is 11.4. The lowest BCUT2D eigenvalue weighted by Crippen LogP contribution is -2.35. The van der Waals surface area contributed by atoms with Crippen molar-refractivity contribution in [2.75, 3.05) is 5.75 Å². The number of nitrogens with one attached hydrogen (secondary N) is 1. The van der Waals surface area contributed by atoms with Crippen LogP contribution in [0.2, 0.25) is 0 Å². The van der Waals surface area contributed by atoms with E-state index in [4.69, 9.17) is 0 Å². The first-order chi connectivity index (χ1) is 9.74. The molecule has 0 bridgehead atoms. The molecule has 2 aromatic rings. The number of aromatic nitrogens is 2. The monoisotopic (exact) mass is 287 g/mol. The summed E-state index contributed by atoms with van der Waals surface area (Å²) in [7, 11) is 0. The number of amides is 1. The Labute approximate surface area is 122 Å². The van der Waals surface area contributed by atoms with Gasteiger partial charge in [0.25, 0.3) is 0 Å². The summed E-state index contributed by atoms with van der Waals surface area (Å²) in [5.41, 5.74) is 0.914. The molecule has 104 valence electrons. The first-order valence-electron chi connectivity index (χ1n) is 6.86. The molecule has 5 heteroatoms. The highest BCUT2D eigenvalue weighted by Crippen LogP contribution is 2.32. The van der Waals surface area contributed by atoms with E-state index in [-0.39, 0.29) is 5.91 Å². The van der Waals surface area contributed by atoms with Crippen molar-refractivity contribution >= 4 is 28.6 Å². The van der Waals surface area contributed by atoms with Gasteiger partial charge < -0.3 is 5.32 Å². The third-order valence-electron chi connectivity index (χ3n) is 3.56. The Bertz CT molecular complexity index is 622. The molecular formula is C15H17N3OS. The number of fused-ring (bicyclic) bond motifs is 1. The summed E-state index contributed by atoms with van der Waals surface area (Å²) in [4.78, 5) is 20.4. The minimum Gasteiger partial charge on any atom is -0.353 e. The van der Waals surface area contributed by atoms with Crippen LogP contribution in [0.1, 0.15) is 19.8 Å². The molecule has 20 heavy (non-hydrogen) atoms. The number of nitrogens with zero attached hydrogens (tertiary/aromatic N) is 2. The van der Waals surface area contributed by atoms with Gasteiger partial charge in [-0.1, -0.05) is 30.0 Å². The largest absolute Gasteiger partial charge is 0.353 e. The molecule has 1 N–H and O–H groups in total. The average molecular weight is 287 g/mol. The van der Waals surface area contributed by atoms with E-state index in [0.717, 1.165) is 15.9 Å². The first-order valence-corrected chi connectivity index (χ1v) is 7.84. The third-order valence-corrected chi connectivity index (χ3v) is 4.57. The second-order valence-electron chi connectivity index (χ2n) is 5.18. The molecule has 1 aliphatic carbocycles. The van der Waals surface area contributed by atoms with Gasteiger partial charge in [-0.15, -0.1) is 0 Å². The van der Waals surface area contributed by atoms with E-state index in [0.29, 0.717) is 17.7 Å². The van der Waals surface area contributed by atoms with Crippen LogP contribution in [0, 0.1) is 5.92 Å². The van der Waals surface area contributed by atoms with E-state index in [1.807, 2.05) is 24.3 Å². The maximum absolute atomic E-state index is 11.9. The summed E-state index contributed by atoms with van der Waals surface area (Å²) in [5, 5.41) is 4.93. The number of benzene rings is 1. The van der Waals surface area contributed by atoms with Crippen molar-refractivity contribution in [2.24, 2.45) is 5.92 Å². The number of thioether (sulfide) groups is 1. The summed E-state index contributed by atoms with van der Waals surface area (Å²) < 4.78 is 0. The molecule has 0 unspecified atom stereocenters. The van der Waals surface area contributed by atoms with Crippen LogP contribution in [0.15, 0.2) is 35.6 Å². The van der Waals surface area contributed by atoms with E-state index >= 15 is 0 Å². The Kier molecular flexibility index (Phi) is 3.87. The summed E-state index contributed by atoms with van der Waals surface area (Å²) >= 11 is 1.47. The molecule has 0 spiro atoms. The average Bonchev–Trinajstić information content (AvgIpc) is 3.29. The predicted molar refractivity (Wildman–Crippen MR) is 80.6 cm³/mol. The van der Waals surface area contributed by atoms with Crippen molar-refractivity contribution in [3.63, 3.8) is 0 Å². The van der Waals surface area contributed by atoms with Crippen LogP contribution in [0.5, 0.6) is 0 Å². The smallest absolute Gasteiger partial charge is 0.230 e. The van der Waals surface area contributed by atoms with Gasteiger partial charge in [-0.2, -0.15) is 0 Å². The zero-order valence-corrected chi connectivity index (χ0v) is 12.2. The Hall–Kier alpha value is -1.62. The predicted octanol–water partition coefficient (Wildman–Crippen LogP) is 2.64. The summed E-state index contributed by atoms with van der Waals surface area (Å²) in [6.45, 7) is 2.08. The maximum Gasteiger partial charge on any atom is 0.230 e. The first kappa shape index (κ1) is 13.4. The number of para-hydroxylation sites is 1. The van der Waals surface area contributed by atoms with E-state index in [9.17, 15) is 4.79 Å². The number of hydrogen-bond donors (Lipinski definition) is 1. The summed E-state index contributed by atoms with van der Waals surface area (Å²) in [6.07, 6.45) is 4.03. The minimum absolute atomic E-state index is 0.0806. The fraction of sp³-hybridized carbons (Fsp3) is 0.400. The van der Waals surface area contributed by atoms with Crippen LogP contribution in [0.4, 0.5) is 0 Å². The molecule has 1 saturated carbocycles. The molecule has 3 rings (SSSR count). The molecule has 1 aliphatic rings. The Morgan fingerprint density at radius 3 is 3.00 bits per heavy atom. The molecule has 1 heterocycles. The zero-order chi connectivity index (χ0) is 13.9. The number of rotatable bonds is 5. The van der Waals surface area contributed by atoms with Gasteiger partial charge in [0.2, 0.25) is 5.91 Å². The molecule has 1 fully saturated rings. The molecule has 0 aliphatic heterocycles. The highest BCUT2D eigenvalue weighted by Gasteiger charge is 2.28. The van der Waals surface area contributed by atoms with Crippen LogP contribution in [-0.4, -0.2) is 27.7 Å². The van der Waals surface area contributed by atoms with Gasteiger partial charge in [0, 0.05) is 11.4 Å². The lowest BCUT2D eigenvalue weighted by atomic mass is 10.2. The van der Waals surface area contributed by atoms with E-state index < -0.39 is 0 Å². The third kappa shape index (κ3) is 3.10. The minimum atomic E-state index is 0.0806. The van der Waals surface area contributed by atoms with Crippen molar-refractivity contribution in [3.8, 4) is 0 Å². The van der Waals surface area contributed by atoms with Gasteiger partial charge in [0.15, 0.2) is 0 Å². The molecule has 0 radical (unpaired) electrons. The van der Waals surface area contributed by atoms with Gasteiger partial charge in [-0.3, -0.25) is 4.79 Å². The molecule has 1 aromatic carbocycles. The van der Waals surface area contributed by atoms with Crippen molar-refractivity contribution in [3.05, 3.63) is 30.6 Å². The van der Waals surface area contributed by atoms with Crippen LogP contribution in [0.3, 0.4) is 0 Å². The van der Waals surface area contributed by atoms with Crippen LogP contribution < -0.4 is 5.32 Å². The van der Waals surface area contributed by atoms with Gasteiger partial charge in [0.05, 0.1) is 11.3 Å². The molecule has 1 amide bonds. The number of hydrogen-bond acceptors (Lipinski definition) is 4. The Balaban J connectivity index is 1.63. The standard InChI is InChI=1S/C15H17N3OS/c1-10(11-6-7-11)18-14(19)8-20-15-12-4-2-3-5-13(12)16-9-17-15/h2-5,9-11H,6-8H2,1H3,(H,18,19)/t10-/m0/s1. The second-order valence-corrected chi connectivity index (χ2v) is 6.14. The lowest BCUT2D eigenvalue weighted by molar-refractivity contribution is -0.119. The molecule has 0 saturated heterocycles. The van der Waals surface area contributed by atoms with Crippen LogP contribution in [-0.2, 0) is 4.79 Å². The molecule has 4 nitrogen and oxygen atoms in total. The van der Waals surface area contributed by atoms with Crippen molar-refractivity contribution in [1.82, 2.24) is 15.3 Å². The fourth-order valence-corrected chi connectivity index (χ4v) is 3.04. The van der Waals surface area contributed by atoms with Crippen LogP contribution >= 0.6 is 11.8 Å². The summed E-state index contributed by atoms with van der Waals surface area (Å²) in [5.74, 6) is 1.17. The quantitative estimate of drug-likeness (QED) is 0.678.